The summed E-state index contributed by atoms with van der Waals surface area (Å²) in [6.07, 6.45) is 10.7. The predicted molar refractivity (Wildman–Crippen MR) is 157 cm³/mol. The smallest absolute Gasteiger partial charge is 0.0780 e. The fraction of sp³-hybridized carbons (Fsp3) is 1.00. The highest BCUT2D eigenvalue weighted by Crippen LogP contribution is 1.97. The van der Waals surface area contributed by atoms with Crippen LogP contribution in [0.5, 0.6) is 0 Å². The Morgan fingerprint density at radius 2 is 0.459 bits per heavy atom. The van der Waals surface area contributed by atoms with Crippen molar-refractivity contribution in [3.05, 3.63) is 0 Å². The largest absolute Gasteiger partial charge is 0.894 e. The molecule has 9 heteroatoms. The Labute approximate surface area is 236 Å². The Kier molecular flexibility index (Phi) is 31.5. The van der Waals surface area contributed by atoms with Crippen LogP contribution < -0.4 is 19.2 Å². The Morgan fingerprint density at radius 3 is 0.486 bits per heavy atom. The summed E-state index contributed by atoms with van der Waals surface area (Å²) in [6.45, 7) is 14.1. The van der Waals surface area contributed by atoms with Crippen molar-refractivity contribution in [3.8, 4) is 0 Å². The third-order valence-corrected chi connectivity index (χ3v) is 4.73. The summed E-state index contributed by atoms with van der Waals surface area (Å²) in [7, 11) is 21.2. The topological polar surface area (TPSA) is 92.2 Å². The van der Waals surface area contributed by atoms with E-state index in [1.807, 2.05) is 0 Å². The van der Waals surface area contributed by atoms with Gasteiger partial charge in [0.1, 0.15) is 0 Å². The minimum Gasteiger partial charge on any atom is -0.894 e. The molecule has 0 radical (unpaired) electrons. The normalized spacial score (nSPS) is 12.0. The standard InChI is InChI=1S/4C7H18N.O4Si/c4*1-5-6-7-8(2,3)4;1-5(2,3)4/h4*5-7H2,1-4H3;/q4*+1;-4. The first-order valence-corrected chi connectivity index (χ1v) is 15.9. The highest BCUT2D eigenvalue weighted by atomic mass is 28.4. The summed E-state index contributed by atoms with van der Waals surface area (Å²) < 4.78 is 4.42. The molecule has 0 rings (SSSR count). The molecule has 0 fully saturated rings. The third kappa shape index (κ3) is 104. The lowest BCUT2D eigenvalue weighted by atomic mass is 10.3. The zero-order chi connectivity index (χ0) is 31.0. The van der Waals surface area contributed by atoms with Gasteiger partial charge in [-0.3, -0.25) is 0 Å². The molecule has 0 aromatic heterocycles. The summed E-state index contributed by atoms with van der Waals surface area (Å²) in [5.74, 6) is 0. The van der Waals surface area contributed by atoms with E-state index < -0.39 is 9.05 Å². The number of hydrogen-bond donors (Lipinski definition) is 0. The van der Waals surface area contributed by atoms with Gasteiger partial charge < -0.3 is 46.2 Å². The monoisotopic (exact) mass is 557 g/mol. The number of quaternary nitrogens is 4. The van der Waals surface area contributed by atoms with Crippen molar-refractivity contribution in [1.82, 2.24) is 0 Å². The summed E-state index contributed by atoms with van der Waals surface area (Å²) in [4.78, 5) is 34.3. The van der Waals surface area contributed by atoms with Crippen LogP contribution in [-0.2, 0) is 0 Å². The van der Waals surface area contributed by atoms with Crippen molar-refractivity contribution in [2.75, 3.05) is 111 Å². The van der Waals surface area contributed by atoms with Gasteiger partial charge in [-0.15, -0.1) is 0 Å². The Bertz CT molecular complexity index is 370. The van der Waals surface area contributed by atoms with Gasteiger partial charge in [-0.05, 0) is 25.7 Å². The first-order chi connectivity index (χ1) is 16.2. The van der Waals surface area contributed by atoms with Crippen LogP contribution in [0.1, 0.15) is 79.1 Å². The predicted octanol–water partition coefficient (Wildman–Crippen LogP) is 0.834. The van der Waals surface area contributed by atoms with Gasteiger partial charge in [0.05, 0.1) is 111 Å². The molecule has 8 nitrogen and oxygen atoms in total. The van der Waals surface area contributed by atoms with Gasteiger partial charge >= 0.3 is 0 Å². The van der Waals surface area contributed by atoms with Gasteiger partial charge in [0.25, 0.3) is 0 Å². The molecule has 0 aliphatic rings. The zero-order valence-corrected chi connectivity index (χ0v) is 29.4. The van der Waals surface area contributed by atoms with E-state index in [2.05, 4.69) is 112 Å². The second kappa shape index (κ2) is 24.9. The number of nitrogens with zero attached hydrogens (tertiary/aromatic N) is 4. The van der Waals surface area contributed by atoms with E-state index in [1.165, 1.54) is 77.5 Å². The molecule has 0 aromatic carbocycles. The van der Waals surface area contributed by atoms with Gasteiger partial charge in [-0.2, -0.15) is 0 Å². The second-order valence-electron chi connectivity index (χ2n) is 14.0. The SMILES string of the molecule is CCCC[N+](C)(C)C.CCCC[N+](C)(C)C.CCCC[N+](C)(C)C.CCCC[N+](C)(C)C.[O-][Si]([O-])([O-])[O-]. The molecule has 0 unspecified atom stereocenters. The van der Waals surface area contributed by atoms with E-state index in [1.54, 1.807) is 0 Å². The van der Waals surface area contributed by atoms with E-state index in [0.29, 0.717) is 0 Å². The van der Waals surface area contributed by atoms with Gasteiger partial charge in [0.2, 0.25) is 0 Å². The molecule has 0 aliphatic carbocycles. The Morgan fingerprint density at radius 1 is 0.351 bits per heavy atom. The van der Waals surface area contributed by atoms with Crippen molar-refractivity contribution in [2.24, 2.45) is 0 Å². The van der Waals surface area contributed by atoms with Crippen LogP contribution in [-0.4, -0.2) is 138 Å². The average Bonchev–Trinajstić information content (AvgIpc) is 2.65. The zero-order valence-electron chi connectivity index (χ0n) is 28.4. The molecule has 0 atom stereocenters. The van der Waals surface area contributed by atoms with Crippen molar-refractivity contribution in [1.29, 1.82) is 0 Å². The van der Waals surface area contributed by atoms with Crippen LogP contribution in [0.25, 0.3) is 0 Å². The van der Waals surface area contributed by atoms with Crippen LogP contribution in [0, 0.1) is 0 Å². The third-order valence-electron chi connectivity index (χ3n) is 4.73. The molecule has 0 aromatic rings. The van der Waals surface area contributed by atoms with E-state index >= 15 is 0 Å². The molecule has 0 amide bonds. The molecule has 0 spiro atoms. The Balaban J connectivity index is -0.000000116. The number of unbranched alkanes of at least 4 members (excludes halogenated alkanes) is 4. The maximum atomic E-state index is 8.58. The van der Waals surface area contributed by atoms with Crippen LogP contribution in [0.2, 0.25) is 0 Å². The molecule has 0 saturated carbocycles. The Hall–Kier alpha value is -0.103. The fourth-order valence-corrected chi connectivity index (χ4v) is 2.53. The van der Waals surface area contributed by atoms with Crippen LogP contribution in [0.4, 0.5) is 0 Å². The highest BCUT2D eigenvalue weighted by molar-refractivity contribution is 6.38. The maximum absolute atomic E-state index is 8.58. The van der Waals surface area contributed by atoms with Crippen LogP contribution >= 0.6 is 0 Å². The van der Waals surface area contributed by atoms with E-state index in [4.69, 9.17) is 19.2 Å². The fourth-order valence-electron chi connectivity index (χ4n) is 2.53. The molecule has 232 valence electrons. The summed E-state index contributed by atoms with van der Waals surface area (Å²) >= 11 is 0. The molecule has 0 N–H and O–H groups in total. The minimum absolute atomic E-state index is 1.10. The lowest BCUT2D eigenvalue weighted by molar-refractivity contribution is -0.870. The van der Waals surface area contributed by atoms with E-state index in [-0.39, 0.29) is 0 Å². The second-order valence-corrected chi connectivity index (χ2v) is 15.0. The quantitative estimate of drug-likeness (QED) is 0.263. The van der Waals surface area contributed by atoms with Gasteiger partial charge in [-0.1, -0.05) is 53.4 Å². The molecule has 0 bridgehead atoms. The highest BCUT2D eigenvalue weighted by Gasteiger charge is 2.04. The molecule has 0 saturated heterocycles. The van der Waals surface area contributed by atoms with Crippen LogP contribution in [0.15, 0.2) is 0 Å². The molecular weight excluding hydrogens is 484 g/mol. The van der Waals surface area contributed by atoms with Gasteiger partial charge in [0, 0.05) is 0 Å². The average molecular weight is 557 g/mol. The van der Waals surface area contributed by atoms with Crippen molar-refractivity contribution >= 4 is 9.05 Å². The van der Waals surface area contributed by atoms with Crippen LogP contribution in [0.3, 0.4) is 0 Å². The first-order valence-electron chi connectivity index (χ1n) is 14.3. The van der Waals surface area contributed by atoms with E-state index in [0.717, 1.165) is 17.9 Å². The molecule has 0 heterocycles. The number of rotatable bonds is 12. The number of hydrogen-bond acceptors (Lipinski definition) is 4. The summed E-state index contributed by atoms with van der Waals surface area (Å²) in [6, 6.07) is 0. The molecular formula is C28H72N4O4Si. The van der Waals surface area contributed by atoms with Crippen molar-refractivity contribution < 1.29 is 37.1 Å². The molecule has 37 heavy (non-hydrogen) atoms. The minimum atomic E-state index is -5.61. The lowest BCUT2D eigenvalue weighted by Gasteiger charge is -2.67. The maximum Gasteiger partial charge on any atom is 0.0780 e. The summed E-state index contributed by atoms with van der Waals surface area (Å²) in [5.41, 5.74) is 0. The van der Waals surface area contributed by atoms with E-state index in [9.17, 15) is 0 Å². The van der Waals surface area contributed by atoms with Crippen molar-refractivity contribution in [2.45, 2.75) is 79.1 Å². The lowest BCUT2D eigenvalue weighted by Crippen LogP contribution is -2.82. The van der Waals surface area contributed by atoms with Gasteiger partial charge in [0.15, 0.2) is 0 Å². The first kappa shape index (κ1) is 46.7. The summed E-state index contributed by atoms with van der Waals surface area (Å²) in [5, 5.41) is 0. The van der Waals surface area contributed by atoms with Gasteiger partial charge in [-0.25, -0.2) is 0 Å². The molecule has 0 aliphatic heterocycles. The van der Waals surface area contributed by atoms with Crippen molar-refractivity contribution in [3.63, 3.8) is 0 Å².